The van der Waals surface area contributed by atoms with Gasteiger partial charge >= 0.3 is 0 Å². The first kappa shape index (κ1) is 14.6. The van der Waals surface area contributed by atoms with Crippen molar-refractivity contribution in [1.29, 1.82) is 0 Å². The number of hydrogen-bond donors (Lipinski definition) is 2. The van der Waals surface area contributed by atoms with Crippen molar-refractivity contribution in [2.45, 2.75) is 26.7 Å². The highest BCUT2D eigenvalue weighted by Crippen LogP contribution is 2.32. The minimum absolute atomic E-state index is 0.315. The van der Waals surface area contributed by atoms with Gasteiger partial charge in [-0.2, -0.15) is 10.2 Å². The number of amides is 1. The number of aryl methyl sites for hydroxylation is 3. The summed E-state index contributed by atoms with van der Waals surface area (Å²) in [5, 5.41) is 13.5. The molecule has 1 aliphatic rings. The summed E-state index contributed by atoms with van der Waals surface area (Å²) in [6.07, 6.45) is 2.20. The van der Waals surface area contributed by atoms with Crippen LogP contribution < -0.4 is 5.43 Å². The van der Waals surface area contributed by atoms with Crippen molar-refractivity contribution < 1.29 is 4.79 Å². The molecule has 2 aromatic carbocycles. The molecule has 0 saturated heterocycles. The third-order valence-electron chi connectivity index (χ3n) is 4.53. The lowest BCUT2D eigenvalue weighted by Crippen LogP contribution is -2.19. The van der Waals surface area contributed by atoms with Gasteiger partial charge in [-0.25, -0.2) is 5.43 Å². The molecule has 1 aromatic heterocycles. The Morgan fingerprint density at radius 3 is 2.75 bits per heavy atom. The van der Waals surface area contributed by atoms with Gasteiger partial charge in [0.25, 0.3) is 5.91 Å². The normalized spacial score (nSPS) is 13.5. The van der Waals surface area contributed by atoms with Gasteiger partial charge in [0.05, 0.1) is 5.71 Å². The van der Waals surface area contributed by atoms with Crippen LogP contribution in [-0.2, 0) is 12.8 Å². The topological polar surface area (TPSA) is 70.1 Å². The van der Waals surface area contributed by atoms with E-state index in [1.165, 1.54) is 21.9 Å². The largest absolute Gasteiger partial charge is 0.291 e. The van der Waals surface area contributed by atoms with E-state index in [9.17, 15) is 4.79 Å². The summed E-state index contributed by atoms with van der Waals surface area (Å²) in [4.78, 5) is 12.1. The van der Waals surface area contributed by atoms with Crippen LogP contribution in [0.15, 0.2) is 41.5 Å². The highest BCUT2D eigenvalue weighted by atomic mass is 16.2. The molecule has 120 valence electrons. The van der Waals surface area contributed by atoms with Gasteiger partial charge < -0.3 is 0 Å². The number of carbonyl (C=O) groups is 1. The average molecular weight is 318 g/mol. The smallest absolute Gasteiger partial charge is 0.282 e. The first-order chi connectivity index (χ1) is 11.6. The monoisotopic (exact) mass is 318 g/mol. The van der Waals surface area contributed by atoms with Crippen molar-refractivity contribution in [2.75, 3.05) is 0 Å². The zero-order valence-corrected chi connectivity index (χ0v) is 13.7. The number of hydrogen-bond acceptors (Lipinski definition) is 3. The Labute approximate surface area is 139 Å². The summed E-state index contributed by atoms with van der Waals surface area (Å²) in [5.41, 5.74) is 8.39. The highest BCUT2D eigenvalue weighted by molar-refractivity contribution is 6.11. The Hall–Kier alpha value is -2.95. The average Bonchev–Trinajstić information content (AvgIpc) is 3.21. The molecule has 0 aliphatic heterocycles. The molecule has 5 heteroatoms. The molecule has 0 atom stereocenters. The number of aromatic nitrogens is 2. The van der Waals surface area contributed by atoms with Gasteiger partial charge in [0, 0.05) is 11.3 Å². The molecule has 0 radical (unpaired) electrons. The number of hydrazone groups is 1. The number of nitrogens with zero attached hydrogens (tertiary/aromatic N) is 2. The van der Waals surface area contributed by atoms with Gasteiger partial charge in [-0.05, 0) is 54.7 Å². The number of aromatic amines is 1. The fraction of sp³-hybridized carbons (Fsp3) is 0.211. The molecule has 4 rings (SSSR count). The Bertz CT molecular complexity index is 974. The second-order valence-electron chi connectivity index (χ2n) is 6.19. The summed E-state index contributed by atoms with van der Waals surface area (Å²) in [6.45, 7) is 3.76. The van der Waals surface area contributed by atoms with E-state index in [4.69, 9.17) is 0 Å². The van der Waals surface area contributed by atoms with Gasteiger partial charge in [0.15, 0.2) is 5.69 Å². The van der Waals surface area contributed by atoms with E-state index in [0.717, 1.165) is 29.8 Å². The first-order valence-corrected chi connectivity index (χ1v) is 8.04. The summed E-state index contributed by atoms with van der Waals surface area (Å²) in [5.74, 6) is -0.315. The number of nitrogens with one attached hydrogen (secondary N) is 2. The maximum Gasteiger partial charge on any atom is 0.291 e. The molecule has 0 fully saturated rings. The van der Waals surface area contributed by atoms with Crippen LogP contribution >= 0.6 is 0 Å². The fourth-order valence-electron chi connectivity index (χ4n) is 3.35. The van der Waals surface area contributed by atoms with Crippen LogP contribution in [0.25, 0.3) is 10.8 Å². The van der Waals surface area contributed by atoms with Gasteiger partial charge in [0.2, 0.25) is 0 Å². The van der Waals surface area contributed by atoms with Crippen LogP contribution in [0, 0.1) is 6.92 Å². The number of H-pyrrole nitrogens is 1. The number of rotatable bonds is 3. The van der Waals surface area contributed by atoms with Crippen molar-refractivity contribution >= 4 is 22.4 Å². The van der Waals surface area contributed by atoms with Gasteiger partial charge in [-0.3, -0.25) is 9.89 Å². The molecule has 1 heterocycles. The maximum absolute atomic E-state index is 12.1. The van der Waals surface area contributed by atoms with Gasteiger partial charge in [-0.15, -0.1) is 0 Å². The highest BCUT2D eigenvalue weighted by Gasteiger charge is 2.17. The Balaban J connectivity index is 1.66. The lowest BCUT2D eigenvalue weighted by atomic mass is 9.98. The predicted octanol–water partition coefficient (Wildman–Crippen LogP) is 3.12. The summed E-state index contributed by atoms with van der Waals surface area (Å²) < 4.78 is 0. The minimum Gasteiger partial charge on any atom is -0.282 e. The van der Waals surface area contributed by atoms with Crippen LogP contribution in [-0.4, -0.2) is 21.8 Å². The SMILES string of the molecule is CC(=NNC(=O)c1cc(C)[nH]n1)c1ccc2c3c(cccc13)CC2. The van der Waals surface area contributed by atoms with E-state index in [0.29, 0.717) is 5.69 Å². The molecule has 0 spiro atoms. The standard InChI is InChI=1S/C19H18N4O/c1-11-10-17(22-20-11)19(24)23-21-12(2)15-9-8-14-7-6-13-4-3-5-16(15)18(13)14/h3-5,8-10H,6-7H2,1-2H3,(H,20,22)(H,23,24). The third kappa shape index (κ3) is 2.38. The minimum atomic E-state index is -0.315. The molecule has 1 aliphatic carbocycles. The maximum atomic E-state index is 12.1. The van der Waals surface area contributed by atoms with Crippen LogP contribution in [0.4, 0.5) is 0 Å². The van der Waals surface area contributed by atoms with Crippen LogP contribution in [0.3, 0.4) is 0 Å². The molecular formula is C19H18N4O. The number of benzene rings is 2. The Morgan fingerprint density at radius 1 is 1.21 bits per heavy atom. The molecule has 5 nitrogen and oxygen atoms in total. The quantitative estimate of drug-likeness (QED) is 0.575. The molecular weight excluding hydrogens is 300 g/mol. The van der Waals surface area contributed by atoms with Gasteiger partial charge in [-0.1, -0.05) is 30.3 Å². The zero-order valence-electron chi connectivity index (χ0n) is 13.7. The van der Waals surface area contributed by atoms with E-state index in [2.05, 4.69) is 51.1 Å². The predicted molar refractivity (Wildman–Crippen MR) is 94.4 cm³/mol. The van der Waals surface area contributed by atoms with Crippen LogP contribution in [0.1, 0.15) is 39.8 Å². The van der Waals surface area contributed by atoms with Gasteiger partial charge in [0.1, 0.15) is 0 Å². The Kier molecular flexibility index (Phi) is 3.41. The summed E-state index contributed by atoms with van der Waals surface area (Å²) in [6, 6.07) is 12.4. The third-order valence-corrected chi connectivity index (χ3v) is 4.53. The van der Waals surface area contributed by atoms with E-state index < -0.39 is 0 Å². The second kappa shape index (κ2) is 5.60. The molecule has 2 N–H and O–H groups in total. The zero-order chi connectivity index (χ0) is 16.7. The lowest BCUT2D eigenvalue weighted by molar-refractivity contribution is 0.0950. The van der Waals surface area contributed by atoms with Crippen molar-refractivity contribution in [1.82, 2.24) is 15.6 Å². The second-order valence-corrected chi connectivity index (χ2v) is 6.19. The molecule has 0 unspecified atom stereocenters. The molecule has 3 aromatic rings. The molecule has 24 heavy (non-hydrogen) atoms. The van der Waals surface area contributed by atoms with E-state index in [-0.39, 0.29) is 5.91 Å². The fourth-order valence-corrected chi connectivity index (χ4v) is 3.35. The Morgan fingerprint density at radius 2 is 2.00 bits per heavy atom. The molecule has 0 saturated carbocycles. The van der Waals surface area contributed by atoms with Crippen LogP contribution in [0.5, 0.6) is 0 Å². The van der Waals surface area contributed by atoms with Crippen molar-refractivity contribution in [3.8, 4) is 0 Å². The lowest BCUT2D eigenvalue weighted by Gasteiger charge is -2.09. The summed E-state index contributed by atoms with van der Waals surface area (Å²) in [7, 11) is 0. The van der Waals surface area contributed by atoms with E-state index in [1.807, 2.05) is 13.8 Å². The van der Waals surface area contributed by atoms with Crippen LogP contribution in [0.2, 0.25) is 0 Å². The summed E-state index contributed by atoms with van der Waals surface area (Å²) >= 11 is 0. The van der Waals surface area contributed by atoms with E-state index >= 15 is 0 Å². The van der Waals surface area contributed by atoms with E-state index in [1.54, 1.807) is 6.07 Å². The van der Waals surface area contributed by atoms with Crippen molar-refractivity contribution in [3.63, 3.8) is 0 Å². The van der Waals surface area contributed by atoms with Crippen molar-refractivity contribution in [3.05, 3.63) is 64.5 Å². The van der Waals surface area contributed by atoms with Crippen molar-refractivity contribution in [2.24, 2.45) is 5.10 Å². The number of carbonyl (C=O) groups excluding carboxylic acids is 1. The molecule has 1 amide bonds. The molecule has 0 bridgehead atoms. The first-order valence-electron chi connectivity index (χ1n) is 8.04.